The van der Waals surface area contributed by atoms with Gasteiger partial charge >= 0.3 is 0 Å². The Hall–Kier alpha value is -1.38. The Morgan fingerprint density at radius 2 is 1.70 bits per heavy atom. The van der Waals surface area contributed by atoms with Crippen LogP contribution in [-0.2, 0) is 6.42 Å². The van der Waals surface area contributed by atoms with Crippen LogP contribution < -0.4 is 5.32 Å². The normalized spacial score (nSPS) is 17.5. The number of nitrogens with zero attached hydrogens (tertiary/aromatic N) is 1. The van der Waals surface area contributed by atoms with Gasteiger partial charge in [0.05, 0.1) is 0 Å². The fourth-order valence-corrected chi connectivity index (χ4v) is 3.23. The first-order chi connectivity index (χ1) is 9.65. The molecule has 1 aliphatic rings. The molecule has 1 heterocycles. The highest BCUT2D eigenvalue weighted by atomic mass is 15.2. The van der Waals surface area contributed by atoms with Gasteiger partial charge in [-0.3, -0.25) is 4.90 Å². The number of rotatable bonds is 3. The second-order valence-electron chi connectivity index (χ2n) is 6.41. The van der Waals surface area contributed by atoms with Crippen LogP contribution in [0.4, 0.5) is 0 Å². The molecule has 2 aromatic rings. The number of hydrogen-bond acceptors (Lipinski definition) is 2. The third-order valence-corrected chi connectivity index (χ3v) is 4.42. The van der Waals surface area contributed by atoms with Crippen LogP contribution in [0.25, 0.3) is 10.8 Å². The maximum Gasteiger partial charge on any atom is 0.0194 e. The minimum atomic E-state index is 0.227. The van der Waals surface area contributed by atoms with Crippen molar-refractivity contribution in [3.8, 4) is 0 Å². The number of nitrogens with one attached hydrogen (secondary N) is 1. The van der Waals surface area contributed by atoms with E-state index >= 15 is 0 Å². The molecule has 0 bridgehead atoms. The SMILES string of the molecule is CC(C)(Cc1ccc2ccccc2c1)N1CCNCC1. The Kier molecular flexibility index (Phi) is 3.77. The molecular formula is C18H24N2. The summed E-state index contributed by atoms with van der Waals surface area (Å²) in [7, 11) is 0. The molecule has 106 valence electrons. The van der Waals surface area contributed by atoms with E-state index in [2.05, 4.69) is 66.5 Å². The van der Waals surface area contributed by atoms with E-state index in [1.54, 1.807) is 0 Å². The smallest absolute Gasteiger partial charge is 0.0194 e. The highest BCUT2D eigenvalue weighted by Crippen LogP contribution is 2.23. The fraction of sp³-hybridized carbons (Fsp3) is 0.444. The Bertz CT molecular complexity index is 583. The molecule has 2 heteroatoms. The summed E-state index contributed by atoms with van der Waals surface area (Å²) in [4.78, 5) is 2.61. The van der Waals surface area contributed by atoms with Crippen LogP contribution in [0.5, 0.6) is 0 Å². The van der Waals surface area contributed by atoms with Crippen molar-refractivity contribution in [1.29, 1.82) is 0 Å². The molecule has 2 aromatic carbocycles. The largest absolute Gasteiger partial charge is 0.314 e. The minimum absolute atomic E-state index is 0.227. The predicted molar refractivity (Wildman–Crippen MR) is 86.2 cm³/mol. The second-order valence-corrected chi connectivity index (χ2v) is 6.41. The van der Waals surface area contributed by atoms with Gasteiger partial charge in [-0.25, -0.2) is 0 Å². The van der Waals surface area contributed by atoms with E-state index in [1.807, 2.05) is 0 Å². The molecule has 1 saturated heterocycles. The van der Waals surface area contributed by atoms with E-state index in [4.69, 9.17) is 0 Å². The lowest BCUT2D eigenvalue weighted by Crippen LogP contribution is -2.54. The first-order valence-electron chi connectivity index (χ1n) is 7.59. The van der Waals surface area contributed by atoms with Gasteiger partial charge in [-0.05, 0) is 36.6 Å². The maximum absolute atomic E-state index is 3.43. The summed E-state index contributed by atoms with van der Waals surface area (Å²) in [5, 5.41) is 6.11. The van der Waals surface area contributed by atoms with Crippen molar-refractivity contribution in [2.45, 2.75) is 25.8 Å². The second kappa shape index (κ2) is 5.55. The van der Waals surface area contributed by atoms with Crippen molar-refractivity contribution in [3.05, 3.63) is 48.0 Å². The summed E-state index contributed by atoms with van der Waals surface area (Å²) in [6.45, 7) is 9.27. The van der Waals surface area contributed by atoms with Gasteiger partial charge < -0.3 is 5.32 Å². The highest BCUT2D eigenvalue weighted by molar-refractivity contribution is 5.83. The van der Waals surface area contributed by atoms with Gasteiger partial charge in [-0.2, -0.15) is 0 Å². The summed E-state index contributed by atoms with van der Waals surface area (Å²) in [6, 6.07) is 15.5. The van der Waals surface area contributed by atoms with Crippen molar-refractivity contribution in [3.63, 3.8) is 0 Å². The molecular weight excluding hydrogens is 244 g/mol. The number of benzene rings is 2. The van der Waals surface area contributed by atoms with Crippen LogP contribution >= 0.6 is 0 Å². The maximum atomic E-state index is 3.43. The molecule has 1 aliphatic heterocycles. The van der Waals surface area contributed by atoms with Gasteiger partial charge in [0, 0.05) is 31.7 Å². The molecule has 0 aliphatic carbocycles. The molecule has 1 fully saturated rings. The summed E-state index contributed by atoms with van der Waals surface area (Å²) in [6.07, 6.45) is 1.11. The number of hydrogen-bond donors (Lipinski definition) is 1. The van der Waals surface area contributed by atoms with E-state index < -0.39 is 0 Å². The Morgan fingerprint density at radius 1 is 1.00 bits per heavy atom. The van der Waals surface area contributed by atoms with Crippen LogP contribution in [0.1, 0.15) is 19.4 Å². The van der Waals surface area contributed by atoms with Gasteiger partial charge in [-0.1, -0.05) is 42.5 Å². The molecule has 0 spiro atoms. The lowest BCUT2D eigenvalue weighted by atomic mass is 9.91. The van der Waals surface area contributed by atoms with Crippen molar-refractivity contribution in [2.75, 3.05) is 26.2 Å². The van der Waals surface area contributed by atoms with Crippen molar-refractivity contribution < 1.29 is 0 Å². The first-order valence-corrected chi connectivity index (χ1v) is 7.59. The summed E-state index contributed by atoms with van der Waals surface area (Å²) in [5.74, 6) is 0. The summed E-state index contributed by atoms with van der Waals surface area (Å²) in [5.41, 5.74) is 1.66. The zero-order chi connectivity index (χ0) is 14.0. The molecule has 0 radical (unpaired) electrons. The molecule has 20 heavy (non-hydrogen) atoms. The van der Waals surface area contributed by atoms with E-state index in [9.17, 15) is 0 Å². The number of piperazine rings is 1. The average Bonchev–Trinajstić information content (AvgIpc) is 2.48. The molecule has 0 amide bonds. The van der Waals surface area contributed by atoms with Crippen LogP contribution in [0.15, 0.2) is 42.5 Å². The van der Waals surface area contributed by atoms with Gasteiger partial charge in [0.15, 0.2) is 0 Å². The van der Waals surface area contributed by atoms with Gasteiger partial charge in [-0.15, -0.1) is 0 Å². The van der Waals surface area contributed by atoms with Crippen LogP contribution in [-0.4, -0.2) is 36.6 Å². The Labute approximate surface area is 121 Å². The van der Waals surface area contributed by atoms with E-state index in [1.165, 1.54) is 16.3 Å². The average molecular weight is 268 g/mol. The van der Waals surface area contributed by atoms with Crippen LogP contribution in [0, 0.1) is 0 Å². The topological polar surface area (TPSA) is 15.3 Å². The van der Waals surface area contributed by atoms with Crippen LogP contribution in [0.3, 0.4) is 0 Å². The standard InChI is InChI=1S/C18H24N2/c1-18(2,20-11-9-19-10-12-20)14-15-7-8-16-5-3-4-6-17(16)13-15/h3-8,13,19H,9-12,14H2,1-2H3. The quantitative estimate of drug-likeness (QED) is 0.920. The third kappa shape index (κ3) is 2.87. The molecule has 0 aromatic heterocycles. The summed E-state index contributed by atoms with van der Waals surface area (Å²) < 4.78 is 0. The van der Waals surface area contributed by atoms with Gasteiger partial charge in [0.2, 0.25) is 0 Å². The van der Waals surface area contributed by atoms with Gasteiger partial charge in [0.25, 0.3) is 0 Å². The van der Waals surface area contributed by atoms with Crippen molar-refractivity contribution >= 4 is 10.8 Å². The minimum Gasteiger partial charge on any atom is -0.314 e. The molecule has 2 nitrogen and oxygen atoms in total. The van der Waals surface area contributed by atoms with Crippen LogP contribution in [0.2, 0.25) is 0 Å². The highest BCUT2D eigenvalue weighted by Gasteiger charge is 2.27. The molecule has 0 saturated carbocycles. The van der Waals surface area contributed by atoms with Crippen molar-refractivity contribution in [2.24, 2.45) is 0 Å². The molecule has 0 atom stereocenters. The van der Waals surface area contributed by atoms with E-state index in [0.29, 0.717) is 0 Å². The monoisotopic (exact) mass is 268 g/mol. The van der Waals surface area contributed by atoms with E-state index in [0.717, 1.165) is 32.6 Å². The molecule has 3 rings (SSSR count). The molecule has 1 N–H and O–H groups in total. The fourth-order valence-electron chi connectivity index (χ4n) is 3.23. The number of fused-ring (bicyclic) bond motifs is 1. The van der Waals surface area contributed by atoms with Gasteiger partial charge in [0.1, 0.15) is 0 Å². The summed E-state index contributed by atoms with van der Waals surface area (Å²) >= 11 is 0. The lowest BCUT2D eigenvalue weighted by Gasteiger charge is -2.41. The zero-order valence-electron chi connectivity index (χ0n) is 12.5. The first kappa shape index (κ1) is 13.6. The third-order valence-electron chi connectivity index (χ3n) is 4.42. The van der Waals surface area contributed by atoms with Crippen molar-refractivity contribution in [1.82, 2.24) is 10.2 Å². The van der Waals surface area contributed by atoms with E-state index in [-0.39, 0.29) is 5.54 Å². The lowest BCUT2D eigenvalue weighted by molar-refractivity contribution is 0.104. The Balaban J connectivity index is 1.80. The zero-order valence-corrected chi connectivity index (χ0v) is 12.5. The molecule has 0 unspecified atom stereocenters. The predicted octanol–water partition coefficient (Wildman–Crippen LogP) is 3.07. The Morgan fingerprint density at radius 3 is 2.45 bits per heavy atom.